The Hall–Kier alpha value is -1.21. The van der Waals surface area contributed by atoms with Gasteiger partial charge in [0.25, 0.3) is 0 Å². The number of aryl methyl sites for hydroxylation is 2. The molecule has 0 aliphatic carbocycles. The minimum absolute atomic E-state index is 0.372. The quantitative estimate of drug-likeness (QED) is 0.852. The first-order valence-corrected chi connectivity index (χ1v) is 8.00. The van der Waals surface area contributed by atoms with Crippen molar-refractivity contribution in [2.75, 3.05) is 16.9 Å². The Morgan fingerprint density at radius 3 is 2.55 bits per heavy atom. The standard InChI is InChI=1S/C13H15BrN2O3S/c1-7-3-9(4-8(2)11(7)14)15-13(19)16-6-20-5-10(16)12(17)18/h3-4,10H,5-6H2,1-2H3,(H,15,19)(H,17,18). The number of anilines is 1. The van der Waals surface area contributed by atoms with Crippen molar-refractivity contribution in [1.29, 1.82) is 0 Å². The molecular formula is C13H15BrN2O3S. The molecule has 1 aliphatic heterocycles. The van der Waals surface area contributed by atoms with Gasteiger partial charge in [-0.3, -0.25) is 0 Å². The van der Waals surface area contributed by atoms with E-state index in [1.807, 2.05) is 26.0 Å². The molecule has 1 atom stereocenters. The molecule has 1 aromatic rings. The highest BCUT2D eigenvalue weighted by molar-refractivity contribution is 9.10. The molecular weight excluding hydrogens is 344 g/mol. The van der Waals surface area contributed by atoms with E-state index in [-0.39, 0.29) is 6.03 Å². The van der Waals surface area contributed by atoms with E-state index in [4.69, 9.17) is 5.11 Å². The fraction of sp³-hybridized carbons (Fsp3) is 0.385. The van der Waals surface area contributed by atoms with Crippen LogP contribution in [0.1, 0.15) is 11.1 Å². The third-order valence-corrected chi connectivity index (χ3v) is 5.38. The van der Waals surface area contributed by atoms with Crippen LogP contribution in [0.25, 0.3) is 0 Å². The minimum atomic E-state index is -0.965. The summed E-state index contributed by atoms with van der Waals surface area (Å²) < 4.78 is 1.01. The molecule has 0 spiro atoms. The van der Waals surface area contributed by atoms with Gasteiger partial charge >= 0.3 is 12.0 Å². The lowest BCUT2D eigenvalue weighted by Gasteiger charge is -2.21. The molecule has 20 heavy (non-hydrogen) atoms. The average molecular weight is 359 g/mol. The van der Waals surface area contributed by atoms with E-state index >= 15 is 0 Å². The number of benzene rings is 1. The van der Waals surface area contributed by atoms with Crippen LogP contribution in [0.15, 0.2) is 16.6 Å². The van der Waals surface area contributed by atoms with Gasteiger partial charge in [-0.25, -0.2) is 9.59 Å². The minimum Gasteiger partial charge on any atom is -0.480 e. The van der Waals surface area contributed by atoms with Crippen LogP contribution in [0.5, 0.6) is 0 Å². The van der Waals surface area contributed by atoms with Gasteiger partial charge in [0, 0.05) is 15.9 Å². The van der Waals surface area contributed by atoms with E-state index in [0.29, 0.717) is 17.3 Å². The number of carboxylic acid groups (broad SMARTS) is 1. The van der Waals surface area contributed by atoms with Crippen molar-refractivity contribution in [3.05, 3.63) is 27.7 Å². The second-order valence-electron chi connectivity index (χ2n) is 4.68. The van der Waals surface area contributed by atoms with Gasteiger partial charge in [-0.2, -0.15) is 0 Å². The molecule has 1 unspecified atom stereocenters. The van der Waals surface area contributed by atoms with Crippen molar-refractivity contribution in [2.45, 2.75) is 19.9 Å². The van der Waals surface area contributed by atoms with Crippen LogP contribution in [0.2, 0.25) is 0 Å². The predicted octanol–water partition coefficient (Wildman–Crippen LogP) is 3.06. The monoisotopic (exact) mass is 358 g/mol. The lowest BCUT2D eigenvalue weighted by Crippen LogP contribution is -2.43. The zero-order chi connectivity index (χ0) is 14.9. The SMILES string of the molecule is Cc1cc(NC(=O)N2CSCC2C(=O)O)cc(C)c1Br. The van der Waals surface area contributed by atoms with Crippen molar-refractivity contribution in [3.8, 4) is 0 Å². The lowest BCUT2D eigenvalue weighted by molar-refractivity contribution is -0.140. The van der Waals surface area contributed by atoms with Crippen LogP contribution in [0.4, 0.5) is 10.5 Å². The van der Waals surface area contributed by atoms with Crippen LogP contribution in [0, 0.1) is 13.8 Å². The first kappa shape index (κ1) is 15.2. The molecule has 0 aromatic heterocycles. The summed E-state index contributed by atoms with van der Waals surface area (Å²) in [6.45, 7) is 3.89. The molecule has 1 aliphatic rings. The summed E-state index contributed by atoms with van der Waals surface area (Å²) >= 11 is 4.91. The van der Waals surface area contributed by atoms with Gasteiger partial charge in [-0.1, -0.05) is 15.9 Å². The number of nitrogens with zero attached hydrogens (tertiary/aromatic N) is 1. The number of rotatable bonds is 2. The van der Waals surface area contributed by atoms with E-state index < -0.39 is 12.0 Å². The van der Waals surface area contributed by atoms with Crippen LogP contribution in [-0.2, 0) is 4.79 Å². The summed E-state index contributed by atoms with van der Waals surface area (Å²) in [4.78, 5) is 24.6. The van der Waals surface area contributed by atoms with Crippen molar-refractivity contribution in [3.63, 3.8) is 0 Å². The van der Waals surface area contributed by atoms with Gasteiger partial charge < -0.3 is 15.3 Å². The summed E-state index contributed by atoms with van der Waals surface area (Å²) in [5, 5.41) is 11.8. The summed E-state index contributed by atoms with van der Waals surface area (Å²) in [7, 11) is 0. The highest BCUT2D eigenvalue weighted by atomic mass is 79.9. The summed E-state index contributed by atoms with van der Waals surface area (Å²) in [5.74, 6) is -0.133. The van der Waals surface area contributed by atoms with Crippen LogP contribution >= 0.6 is 27.7 Å². The molecule has 7 heteroatoms. The number of hydrogen-bond acceptors (Lipinski definition) is 3. The maximum atomic E-state index is 12.2. The lowest BCUT2D eigenvalue weighted by atomic mass is 10.1. The van der Waals surface area contributed by atoms with Crippen molar-refractivity contribution < 1.29 is 14.7 Å². The highest BCUT2D eigenvalue weighted by Gasteiger charge is 2.34. The van der Waals surface area contributed by atoms with Gasteiger partial charge in [-0.05, 0) is 37.1 Å². The first-order chi connectivity index (χ1) is 9.40. The maximum Gasteiger partial charge on any atom is 0.327 e. The smallest absolute Gasteiger partial charge is 0.327 e. The van der Waals surface area contributed by atoms with Crippen molar-refractivity contribution in [2.24, 2.45) is 0 Å². The molecule has 5 nitrogen and oxygen atoms in total. The number of urea groups is 1. The van der Waals surface area contributed by atoms with Crippen molar-refractivity contribution >= 4 is 45.4 Å². The Labute approximate surface area is 129 Å². The van der Waals surface area contributed by atoms with Crippen LogP contribution < -0.4 is 5.32 Å². The predicted molar refractivity (Wildman–Crippen MR) is 83.2 cm³/mol. The van der Waals surface area contributed by atoms with Crippen LogP contribution in [-0.4, -0.2) is 39.7 Å². The second-order valence-corrected chi connectivity index (χ2v) is 6.47. The summed E-state index contributed by atoms with van der Waals surface area (Å²) in [5.41, 5.74) is 2.71. The average Bonchev–Trinajstić information content (AvgIpc) is 2.85. The number of amides is 2. The number of carbonyl (C=O) groups is 2. The number of thioether (sulfide) groups is 1. The molecule has 108 valence electrons. The van der Waals surface area contributed by atoms with E-state index in [0.717, 1.165) is 15.6 Å². The van der Waals surface area contributed by atoms with Crippen molar-refractivity contribution in [1.82, 2.24) is 4.90 Å². The zero-order valence-corrected chi connectivity index (χ0v) is 13.5. The molecule has 0 saturated carbocycles. The van der Waals surface area contributed by atoms with Gasteiger partial charge in [0.1, 0.15) is 6.04 Å². The van der Waals surface area contributed by atoms with E-state index in [1.165, 1.54) is 16.7 Å². The Balaban J connectivity index is 2.14. The van der Waals surface area contributed by atoms with Gasteiger partial charge in [0.15, 0.2) is 0 Å². The molecule has 1 saturated heterocycles. The number of hydrogen-bond donors (Lipinski definition) is 2. The number of aliphatic carboxylic acids is 1. The number of nitrogens with one attached hydrogen (secondary N) is 1. The molecule has 1 fully saturated rings. The summed E-state index contributed by atoms with van der Waals surface area (Å²) in [6, 6.07) is 2.59. The number of carboxylic acids is 1. The van der Waals surface area contributed by atoms with Gasteiger partial charge in [-0.15, -0.1) is 11.8 Å². The van der Waals surface area contributed by atoms with Crippen LogP contribution in [0.3, 0.4) is 0 Å². The Bertz CT molecular complexity index is 542. The Morgan fingerprint density at radius 2 is 2.00 bits per heavy atom. The van der Waals surface area contributed by atoms with Gasteiger partial charge in [0.05, 0.1) is 5.88 Å². The molecule has 1 aromatic carbocycles. The largest absolute Gasteiger partial charge is 0.480 e. The Morgan fingerprint density at radius 1 is 1.40 bits per heavy atom. The van der Waals surface area contributed by atoms with Gasteiger partial charge in [0.2, 0.25) is 0 Å². The zero-order valence-electron chi connectivity index (χ0n) is 11.1. The third-order valence-electron chi connectivity index (χ3n) is 3.12. The second kappa shape index (κ2) is 6.05. The Kier molecular flexibility index (Phi) is 4.59. The third kappa shape index (κ3) is 3.09. The van der Waals surface area contributed by atoms with E-state index in [9.17, 15) is 9.59 Å². The molecule has 2 amide bonds. The molecule has 2 N–H and O–H groups in total. The topological polar surface area (TPSA) is 69.6 Å². The molecule has 0 radical (unpaired) electrons. The van der Waals surface area contributed by atoms with E-state index in [1.54, 1.807) is 0 Å². The molecule has 2 rings (SSSR count). The molecule has 1 heterocycles. The molecule has 0 bridgehead atoms. The maximum absolute atomic E-state index is 12.2. The fourth-order valence-electron chi connectivity index (χ4n) is 2.06. The highest BCUT2D eigenvalue weighted by Crippen LogP contribution is 2.26. The number of carbonyl (C=O) groups excluding carboxylic acids is 1. The fourth-order valence-corrected chi connectivity index (χ4v) is 3.43. The van der Waals surface area contributed by atoms with E-state index in [2.05, 4.69) is 21.2 Å². The number of halogens is 1. The normalized spacial score (nSPS) is 18.1. The first-order valence-electron chi connectivity index (χ1n) is 6.05. The summed E-state index contributed by atoms with van der Waals surface area (Å²) in [6.07, 6.45) is 0.